The molecule has 1 aliphatic heterocycles. The van der Waals surface area contributed by atoms with Gasteiger partial charge in [-0.3, -0.25) is 9.59 Å². The average Bonchev–Trinajstić information content (AvgIpc) is 3.36. The molecule has 2 atom stereocenters. The third-order valence-corrected chi connectivity index (χ3v) is 6.44. The van der Waals surface area contributed by atoms with Gasteiger partial charge in [-0.2, -0.15) is 0 Å². The van der Waals surface area contributed by atoms with Crippen LogP contribution in [-0.2, 0) is 22.6 Å². The second kappa shape index (κ2) is 11.0. The van der Waals surface area contributed by atoms with Crippen molar-refractivity contribution in [1.29, 1.82) is 0 Å². The summed E-state index contributed by atoms with van der Waals surface area (Å²) in [6, 6.07) is 15.3. The predicted molar refractivity (Wildman–Crippen MR) is 135 cm³/mol. The molecule has 3 aromatic rings. The van der Waals surface area contributed by atoms with Gasteiger partial charge in [0.25, 0.3) is 5.91 Å². The van der Waals surface area contributed by atoms with Gasteiger partial charge < -0.3 is 19.0 Å². The minimum Gasteiger partial charge on any atom is -0.481 e. The molecule has 1 aliphatic rings. The molecule has 0 saturated carbocycles. The van der Waals surface area contributed by atoms with Gasteiger partial charge >= 0.3 is 0 Å². The molecule has 0 fully saturated rings. The van der Waals surface area contributed by atoms with Crippen LogP contribution in [0.3, 0.4) is 0 Å². The van der Waals surface area contributed by atoms with Crippen LogP contribution in [0.15, 0.2) is 65.3 Å². The van der Waals surface area contributed by atoms with Crippen molar-refractivity contribution in [2.24, 2.45) is 5.92 Å². The summed E-state index contributed by atoms with van der Waals surface area (Å²) in [4.78, 5) is 29.5. The Morgan fingerprint density at radius 1 is 1.14 bits per heavy atom. The van der Waals surface area contributed by atoms with Crippen molar-refractivity contribution in [2.75, 3.05) is 13.6 Å². The Kier molecular flexibility index (Phi) is 7.77. The molecule has 0 N–H and O–H groups in total. The third-order valence-electron chi connectivity index (χ3n) is 6.44. The predicted octanol–water partition coefficient (Wildman–Crippen LogP) is 5.36. The molecular weight excluding hydrogens is 459 g/mol. The summed E-state index contributed by atoms with van der Waals surface area (Å²) < 4.78 is 25.1. The Hall–Kier alpha value is -3.61. The van der Waals surface area contributed by atoms with Gasteiger partial charge in [0.1, 0.15) is 17.3 Å². The van der Waals surface area contributed by atoms with Gasteiger partial charge in [0.2, 0.25) is 5.91 Å². The molecule has 1 aromatic heterocycles. The fourth-order valence-electron chi connectivity index (χ4n) is 4.69. The maximum atomic E-state index is 13.7. The zero-order valence-corrected chi connectivity index (χ0v) is 21.2. The Balaban J connectivity index is 1.59. The Morgan fingerprint density at radius 2 is 1.89 bits per heavy atom. The monoisotopic (exact) mass is 492 g/mol. The standard InChI is InChI=1S/C29H33FN2O4/c1-19(2)16-27(33)32-14-13-21-9-12-24(17-26(21)28(32)22-7-10-23(30)11-8-22)36-20(3)29(34)31(4)18-25-6-5-15-35-25/h5-12,15,17,19-20,28H,13-14,16,18H2,1-4H3. The van der Waals surface area contributed by atoms with Crippen molar-refractivity contribution in [3.05, 3.63) is 89.1 Å². The first kappa shape index (κ1) is 25.5. The largest absolute Gasteiger partial charge is 0.481 e. The van der Waals surface area contributed by atoms with Crippen LogP contribution in [0, 0.1) is 11.7 Å². The number of fused-ring (bicyclic) bond motifs is 1. The Labute approximate surface area is 211 Å². The molecule has 0 aliphatic carbocycles. The number of carbonyl (C=O) groups excluding carboxylic acids is 2. The second-order valence-corrected chi connectivity index (χ2v) is 9.78. The molecule has 2 amide bonds. The number of benzene rings is 2. The van der Waals surface area contributed by atoms with E-state index in [1.807, 2.05) is 43.0 Å². The third kappa shape index (κ3) is 5.78. The maximum absolute atomic E-state index is 13.7. The van der Waals surface area contributed by atoms with Crippen molar-refractivity contribution < 1.29 is 23.1 Å². The number of hydrogen-bond acceptors (Lipinski definition) is 4. The first-order valence-electron chi connectivity index (χ1n) is 12.3. The van der Waals surface area contributed by atoms with E-state index in [-0.39, 0.29) is 29.6 Å². The minimum atomic E-state index is -0.713. The zero-order chi connectivity index (χ0) is 25.8. The van der Waals surface area contributed by atoms with E-state index in [2.05, 4.69) is 0 Å². The van der Waals surface area contributed by atoms with Crippen molar-refractivity contribution in [3.8, 4) is 5.75 Å². The van der Waals surface area contributed by atoms with E-state index in [9.17, 15) is 14.0 Å². The van der Waals surface area contributed by atoms with Crippen molar-refractivity contribution in [1.82, 2.24) is 9.80 Å². The number of furan rings is 1. The number of halogens is 1. The van der Waals surface area contributed by atoms with Crippen LogP contribution in [0.4, 0.5) is 4.39 Å². The van der Waals surface area contributed by atoms with Gasteiger partial charge in [-0.25, -0.2) is 4.39 Å². The minimum absolute atomic E-state index is 0.0689. The number of amides is 2. The molecule has 6 nitrogen and oxygen atoms in total. The van der Waals surface area contributed by atoms with Gasteiger partial charge in [0.15, 0.2) is 6.10 Å². The van der Waals surface area contributed by atoms with E-state index < -0.39 is 6.10 Å². The van der Waals surface area contributed by atoms with Crippen LogP contribution in [0.5, 0.6) is 5.75 Å². The SMILES string of the molecule is CC(C)CC(=O)N1CCc2ccc(OC(C)C(=O)N(C)Cc3ccco3)cc2C1c1ccc(F)cc1. The van der Waals surface area contributed by atoms with Gasteiger partial charge in [-0.15, -0.1) is 0 Å². The summed E-state index contributed by atoms with van der Waals surface area (Å²) in [5.41, 5.74) is 2.89. The summed E-state index contributed by atoms with van der Waals surface area (Å²) in [5, 5.41) is 0. The maximum Gasteiger partial charge on any atom is 0.263 e. The summed E-state index contributed by atoms with van der Waals surface area (Å²) in [7, 11) is 1.71. The lowest BCUT2D eigenvalue weighted by Gasteiger charge is -2.38. The lowest BCUT2D eigenvalue weighted by Crippen LogP contribution is -2.41. The van der Waals surface area contributed by atoms with E-state index in [0.717, 1.165) is 23.1 Å². The van der Waals surface area contributed by atoms with Gasteiger partial charge in [-0.05, 0) is 72.4 Å². The smallest absolute Gasteiger partial charge is 0.263 e. The van der Waals surface area contributed by atoms with Crippen LogP contribution in [-0.4, -0.2) is 41.3 Å². The number of nitrogens with zero attached hydrogens (tertiary/aromatic N) is 2. The first-order valence-corrected chi connectivity index (χ1v) is 12.3. The fourth-order valence-corrected chi connectivity index (χ4v) is 4.69. The average molecular weight is 493 g/mol. The van der Waals surface area contributed by atoms with Crippen LogP contribution >= 0.6 is 0 Å². The molecule has 0 saturated heterocycles. The van der Waals surface area contributed by atoms with Gasteiger partial charge in [0, 0.05) is 20.0 Å². The summed E-state index contributed by atoms with van der Waals surface area (Å²) >= 11 is 0. The molecule has 36 heavy (non-hydrogen) atoms. The quantitative estimate of drug-likeness (QED) is 0.424. The molecule has 0 radical (unpaired) electrons. The van der Waals surface area contributed by atoms with Crippen LogP contribution in [0.25, 0.3) is 0 Å². The highest BCUT2D eigenvalue weighted by molar-refractivity contribution is 5.80. The van der Waals surface area contributed by atoms with Crippen LogP contribution < -0.4 is 4.74 Å². The molecule has 0 spiro atoms. The Morgan fingerprint density at radius 3 is 2.56 bits per heavy atom. The number of rotatable bonds is 8. The Bertz CT molecular complexity index is 1190. The van der Waals surface area contributed by atoms with E-state index >= 15 is 0 Å². The number of likely N-dealkylation sites (N-methyl/N-ethyl adjacent to an activating group) is 1. The van der Waals surface area contributed by atoms with Gasteiger partial charge in [-0.1, -0.05) is 32.0 Å². The van der Waals surface area contributed by atoms with Gasteiger partial charge in [0.05, 0.1) is 18.8 Å². The van der Waals surface area contributed by atoms with E-state index in [0.29, 0.717) is 31.0 Å². The number of ether oxygens (including phenoxy) is 1. The van der Waals surface area contributed by atoms with Crippen LogP contribution in [0.2, 0.25) is 0 Å². The van der Waals surface area contributed by atoms with E-state index in [1.54, 1.807) is 43.3 Å². The first-order chi connectivity index (χ1) is 17.2. The molecule has 2 heterocycles. The number of hydrogen-bond donors (Lipinski definition) is 0. The van der Waals surface area contributed by atoms with E-state index in [1.165, 1.54) is 12.1 Å². The van der Waals surface area contributed by atoms with Crippen LogP contribution in [0.1, 0.15) is 55.7 Å². The van der Waals surface area contributed by atoms with Crippen molar-refractivity contribution in [2.45, 2.75) is 52.3 Å². The summed E-state index contributed by atoms with van der Waals surface area (Å²) in [5.74, 6) is 1.05. The lowest BCUT2D eigenvalue weighted by molar-refractivity contribution is -0.137. The molecule has 2 aromatic carbocycles. The molecular formula is C29H33FN2O4. The highest BCUT2D eigenvalue weighted by Gasteiger charge is 2.33. The van der Waals surface area contributed by atoms with Crippen molar-refractivity contribution >= 4 is 11.8 Å². The fraction of sp³-hybridized carbons (Fsp3) is 0.379. The topological polar surface area (TPSA) is 63.0 Å². The summed E-state index contributed by atoms with van der Waals surface area (Å²) in [6.45, 7) is 6.71. The molecule has 0 bridgehead atoms. The normalized spacial score (nSPS) is 15.9. The highest BCUT2D eigenvalue weighted by Crippen LogP contribution is 2.38. The van der Waals surface area contributed by atoms with Crippen molar-refractivity contribution in [3.63, 3.8) is 0 Å². The second-order valence-electron chi connectivity index (χ2n) is 9.78. The molecule has 4 rings (SSSR count). The molecule has 7 heteroatoms. The zero-order valence-electron chi connectivity index (χ0n) is 21.2. The molecule has 2 unspecified atom stereocenters. The number of carbonyl (C=O) groups is 2. The van der Waals surface area contributed by atoms with E-state index in [4.69, 9.17) is 9.15 Å². The summed E-state index contributed by atoms with van der Waals surface area (Å²) in [6.07, 6.45) is 2.02. The lowest BCUT2D eigenvalue weighted by atomic mass is 9.87. The highest BCUT2D eigenvalue weighted by atomic mass is 19.1. The molecule has 190 valence electrons.